The summed E-state index contributed by atoms with van der Waals surface area (Å²) in [5, 5.41) is 7.17. The SMILES string of the molecule is CCc1cc(C(=O)NCCC(N)c2ccccc2)n(C)n1. The number of rotatable bonds is 6. The molecule has 0 aliphatic heterocycles. The molecule has 21 heavy (non-hydrogen) atoms. The van der Waals surface area contributed by atoms with Crippen LogP contribution < -0.4 is 11.1 Å². The van der Waals surface area contributed by atoms with E-state index in [4.69, 9.17) is 5.73 Å². The summed E-state index contributed by atoms with van der Waals surface area (Å²) in [6.07, 6.45) is 1.52. The summed E-state index contributed by atoms with van der Waals surface area (Å²) in [6.45, 7) is 2.56. The number of benzene rings is 1. The molecule has 1 aromatic carbocycles. The van der Waals surface area contributed by atoms with Gasteiger partial charge in [0.05, 0.1) is 5.69 Å². The van der Waals surface area contributed by atoms with E-state index in [1.165, 1.54) is 0 Å². The quantitative estimate of drug-likeness (QED) is 0.850. The normalized spacial score (nSPS) is 12.1. The molecule has 2 aromatic rings. The summed E-state index contributed by atoms with van der Waals surface area (Å²) in [4.78, 5) is 12.1. The average molecular weight is 286 g/mol. The summed E-state index contributed by atoms with van der Waals surface area (Å²) < 4.78 is 1.62. The van der Waals surface area contributed by atoms with E-state index in [1.54, 1.807) is 11.7 Å². The van der Waals surface area contributed by atoms with Gasteiger partial charge in [0.25, 0.3) is 5.91 Å². The van der Waals surface area contributed by atoms with Crippen molar-refractivity contribution in [2.45, 2.75) is 25.8 Å². The van der Waals surface area contributed by atoms with E-state index in [0.717, 1.165) is 17.7 Å². The molecule has 1 heterocycles. The summed E-state index contributed by atoms with van der Waals surface area (Å²) in [7, 11) is 1.78. The van der Waals surface area contributed by atoms with Gasteiger partial charge in [0.1, 0.15) is 5.69 Å². The van der Waals surface area contributed by atoms with Crippen LogP contribution in [0.4, 0.5) is 0 Å². The molecule has 112 valence electrons. The molecule has 1 amide bonds. The van der Waals surface area contributed by atoms with Crippen molar-refractivity contribution in [3.05, 3.63) is 53.3 Å². The van der Waals surface area contributed by atoms with Gasteiger partial charge in [-0.15, -0.1) is 0 Å². The minimum Gasteiger partial charge on any atom is -0.351 e. The van der Waals surface area contributed by atoms with Crippen molar-refractivity contribution in [1.82, 2.24) is 15.1 Å². The number of nitrogens with two attached hydrogens (primary N) is 1. The molecule has 2 rings (SSSR count). The topological polar surface area (TPSA) is 72.9 Å². The standard InChI is InChI=1S/C16H22N4O/c1-3-13-11-15(20(2)19-13)16(21)18-10-9-14(17)12-7-5-4-6-8-12/h4-8,11,14H,3,9-10,17H2,1-2H3,(H,18,21). The van der Waals surface area contributed by atoms with Crippen LogP contribution in [0.2, 0.25) is 0 Å². The first-order valence-corrected chi connectivity index (χ1v) is 7.23. The molecule has 0 aliphatic carbocycles. The van der Waals surface area contributed by atoms with Crippen molar-refractivity contribution in [2.75, 3.05) is 6.54 Å². The molecule has 0 bridgehead atoms. The highest BCUT2D eigenvalue weighted by molar-refractivity contribution is 5.92. The first-order chi connectivity index (χ1) is 10.1. The minimum atomic E-state index is -0.107. The van der Waals surface area contributed by atoms with Crippen LogP contribution in [0, 0.1) is 0 Å². The Morgan fingerprint density at radius 2 is 2.10 bits per heavy atom. The van der Waals surface area contributed by atoms with Gasteiger partial charge in [0.2, 0.25) is 0 Å². The second kappa shape index (κ2) is 7.04. The van der Waals surface area contributed by atoms with Crippen LogP contribution >= 0.6 is 0 Å². The Balaban J connectivity index is 1.85. The average Bonchev–Trinajstić information content (AvgIpc) is 2.89. The van der Waals surface area contributed by atoms with Crippen LogP contribution in [0.5, 0.6) is 0 Å². The van der Waals surface area contributed by atoms with E-state index in [1.807, 2.05) is 43.3 Å². The molecule has 5 heteroatoms. The lowest BCUT2D eigenvalue weighted by Gasteiger charge is -2.12. The molecule has 3 N–H and O–H groups in total. The summed E-state index contributed by atoms with van der Waals surface area (Å²) in [6, 6.07) is 11.7. The number of nitrogens with zero attached hydrogens (tertiary/aromatic N) is 2. The molecule has 0 fully saturated rings. The number of amides is 1. The summed E-state index contributed by atoms with van der Waals surface area (Å²) >= 11 is 0. The Morgan fingerprint density at radius 1 is 1.38 bits per heavy atom. The molecule has 0 saturated heterocycles. The van der Waals surface area contributed by atoms with Crippen LogP contribution in [0.25, 0.3) is 0 Å². The predicted molar refractivity (Wildman–Crippen MR) is 82.9 cm³/mol. The van der Waals surface area contributed by atoms with Crippen molar-refractivity contribution >= 4 is 5.91 Å². The van der Waals surface area contributed by atoms with Gasteiger partial charge in [-0.3, -0.25) is 9.48 Å². The van der Waals surface area contributed by atoms with Crippen LogP contribution in [0.15, 0.2) is 36.4 Å². The molecule has 1 aromatic heterocycles. The summed E-state index contributed by atoms with van der Waals surface area (Å²) in [5.41, 5.74) is 8.69. The summed E-state index contributed by atoms with van der Waals surface area (Å²) in [5.74, 6) is -0.107. The van der Waals surface area contributed by atoms with Crippen LogP contribution in [0.3, 0.4) is 0 Å². The number of carbonyl (C=O) groups excluding carboxylic acids is 1. The van der Waals surface area contributed by atoms with Crippen LogP contribution in [-0.2, 0) is 13.5 Å². The van der Waals surface area contributed by atoms with E-state index in [-0.39, 0.29) is 11.9 Å². The van der Waals surface area contributed by atoms with E-state index >= 15 is 0 Å². The van der Waals surface area contributed by atoms with Crippen molar-refractivity contribution in [1.29, 1.82) is 0 Å². The number of aromatic nitrogens is 2. The second-order valence-corrected chi connectivity index (χ2v) is 5.06. The van der Waals surface area contributed by atoms with Crippen molar-refractivity contribution in [3.8, 4) is 0 Å². The molecular formula is C16H22N4O. The third kappa shape index (κ3) is 3.92. The molecular weight excluding hydrogens is 264 g/mol. The Kier molecular flexibility index (Phi) is 5.11. The van der Waals surface area contributed by atoms with Gasteiger partial charge in [0, 0.05) is 19.6 Å². The fourth-order valence-corrected chi connectivity index (χ4v) is 2.21. The molecule has 5 nitrogen and oxygen atoms in total. The number of aryl methyl sites for hydroxylation is 2. The molecule has 1 unspecified atom stereocenters. The fraction of sp³-hybridized carbons (Fsp3) is 0.375. The number of hydrogen-bond acceptors (Lipinski definition) is 3. The Labute approximate surface area is 125 Å². The minimum absolute atomic E-state index is 0.0655. The highest BCUT2D eigenvalue weighted by Gasteiger charge is 2.13. The van der Waals surface area contributed by atoms with Crippen molar-refractivity contribution in [2.24, 2.45) is 12.8 Å². The second-order valence-electron chi connectivity index (χ2n) is 5.06. The maximum Gasteiger partial charge on any atom is 0.269 e. The highest BCUT2D eigenvalue weighted by Crippen LogP contribution is 2.12. The van der Waals surface area contributed by atoms with Gasteiger partial charge in [-0.05, 0) is 24.5 Å². The van der Waals surface area contributed by atoms with E-state index in [0.29, 0.717) is 18.7 Å². The molecule has 0 radical (unpaired) electrons. The van der Waals surface area contributed by atoms with Crippen LogP contribution in [-0.4, -0.2) is 22.2 Å². The van der Waals surface area contributed by atoms with E-state index in [2.05, 4.69) is 10.4 Å². The van der Waals surface area contributed by atoms with Gasteiger partial charge in [-0.25, -0.2) is 0 Å². The van der Waals surface area contributed by atoms with Gasteiger partial charge in [-0.1, -0.05) is 37.3 Å². The zero-order chi connectivity index (χ0) is 15.2. The highest BCUT2D eigenvalue weighted by atomic mass is 16.2. The molecule has 0 saturated carbocycles. The van der Waals surface area contributed by atoms with E-state index in [9.17, 15) is 4.79 Å². The third-order valence-corrected chi connectivity index (χ3v) is 3.49. The maximum absolute atomic E-state index is 12.1. The fourth-order valence-electron chi connectivity index (χ4n) is 2.21. The van der Waals surface area contributed by atoms with Gasteiger partial charge in [0.15, 0.2) is 0 Å². The van der Waals surface area contributed by atoms with E-state index < -0.39 is 0 Å². The van der Waals surface area contributed by atoms with Gasteiger partial charge in [-0.2, -0.15) is 5.10 Å². The van der Waals surface area contributed by atoms with Crippen molar-refractivity contribution in [3.63, 3.8) is 0 Å². The van der Waals surface area contributed by atoms with Crippen LogP contribution in [0.1, 0.15) is 41.1 Å². The Bertz CT molecular complexity index is 592. The predicted octanol–water partition coefficient (Wildman–Crippen LogP) is 1.80. The zero-order valence-corrected chi connectivity index (χ0v) is 12.5. The van der Waals surface area contributed by atoms with Gasteiger partial charge < -0.3 is 11.1 Å². The lowest BCUT2D eigenvalue weighted by atomic mass is 10.1. The zero-order valence-electron chi connectivity index (χ0n) is 12.5. The maximum atomic E-state index is 12.1. The lowest BCUT2D eigenvalue weighted by Crippen LogP contribution is -2.28. The molecule has 0 aliphatic rings. The smallest absolute Gasteiger partial charge is 0.269 e. The Hall–Kier alpha value is -2.14. The van der Waals surface area contributed by atoms with Crippen molar-refractivity contribution < 1.29 is 4.79 Å². The monoisotopic (exact) mass is 286 g/mol. The molecule has 0 spiro atoms. The number of carbonyl (C=O) groups is 1. The molecule has 1 atom stereocenters. The Morgan fingerprint density at radius 3 is 2.71 bits per heavy atom. The number of hydrogen-bond donors (Lipinski definition) is 2. The largest absolute Gasteiger partial charge is 0.351 e. The first-order valence-electron chi connectivity index (χ1n) is 7.23. The third-order valence-electron chi connectivity index (χ3n) is 3.49. The lowest BCUT2D eigenvalue weighted by molar-refractivity contribution is 0.0943. The van der Waals surface area contributed by atoms with Gasteiger partial charge >= 0.3 is 0 Å². The number of nitrogens with one attached hydrogen (secondary N) is 1. The first kappa shape index (κ1) is 15.3.